The zero-order valence-electron chi connectivity index (χ0n) is 20.1. The highest BCUT2D eigenvalue weighted by atomic mass is 19.1. The van der Waals surface area contributed by atoms with E-state index in [1.165, 1.54) is 0 Å². The number of hydrogen-bond acceptors (Lipinski definition) is 7. The number of hydrogen-bond donors (Lipinski definition) is 1. The molecule has 2 atom stereocenters. The van der Waals surface area contributed by atoms with Crippen LogP contribution in [0.2, 0.25) is 0 Å². The molecule has 6 rings (SSSR count). The van der Waals surface area contributed by atoms with E-state index >= 15 is 0 Å². The molecule has 194 valence electrons. The largest absolute Gasteiger partial charge is 0.345 e. The van der Waals surface area contributed by atoms with Crippen LogP contribution in [0.4, 0.5) is 24.8 Å². The molecule has 0 saturated carbocycles. The van der Waals surface area contributed by atoms with Crippen LogP contribution in [0.15, 0.2) is 48.9 Å². The molecule has 9 nitrogen and oxygen atoms in total. The summed E-state index contributed by atoms with van der Waals surface area (Å²) < 4.78 is 44.5. The summed E-state index contributed by atoms with van der Waals surface area (Å²) >= 11 is 0. The fourth-order valence-electron chi connectivity index (χ4n) is 4.83. The molecule has 2 fully saturated rings. The maximum atomic E-state index is 14.5. The highest BCUT2D eigenvalue weighted by molar-refractivity contribution is 5.94. The van der Waals surface area contributed by atoms with E-state index in [2.05, 4.69) is 25.4 Å². The minimum Gasteiger partial charge on any atom is -0.345 e. The third-order valence-electron chi connectivity index (χ3n) is 6.69. The van der Waals surface area contributed by atoms with Crippen LogP contribution in [0.5, 0.6) is 0 Å². The van der Waals surface area contributed by atoms with Gasteiger partial charge in [-0.3, -0.25) is 14.7 Å². The third-order valence-corrected chi connectivity index (χ3v) is 6.69. The van der Waals surface area contributed by atoms with Crippen LogP contribution in [0.25, 0.3) is 17.8 Å². The van der Waals surface area contributed by atoms with Gasteiger partial charge < -0.3 is 10.2 Å². The highest BCUT2D eigenvalue weighted by Crippen LogP contribution is 2.38. The first-order valence-corrected chi connectivity index (χ1v) is 12.2. The van der Waals surface area contributed by atoms with Gasteiger partial charge in [-0.2, -0.15) is 0 Å². The molecule has 2 aliphatic heterocycles. The smallest absolute Gasteiger partial charge is 0.242 e. The van der Waals surface area contributed by atoms with Gasteiger partial charge in [0.25, 0.3) is 0 Å². The van der Waals surface area contributed by atoms with Crippen molar-refractivity contribution in [3.05, 3.63) is 77.5 Å². The predicted octanol–water partition coefficient (Wildman–Crippen LogP) is 3.19. The molecular formula is C26H23F3N8O. The van der Waals surface area contributed by atoms with Gasteiger partial charge in [-0.15, -0.1) is 5.10 Å². The summed E-state index contributed by atoms with van der Waals surface area (Å²) in [5, 5.41) is 7.65. The number of carbonyl (C=O) groups is 1. The first-order chi connectivity index (χ1) is 18.5. The van der Waals surface area contributed by atoms with Crippen molar-refractivity contribution >= 4 is 35.3 Å². The summed E-state index contributed by atoms with van der Waals surface area (Å²) in [6.07, 6.45) is 7.10. The molecule has 0 spiro atoms. The van der Waals surface area contributed by atoms with Crippen molar-refractivity contribution in [2.75, 3.05) is 36.0 Å². The third kappa shape index (κ3) is 4.58. The monoisotopic (exact) mass is 520 g/mol. The van der Waals surface area contributed by atoms with Crippen molar-refractivity contribution in [1.82, 2.24) is 29.9 Å². The van der Waals surface area contributed by atoms with E-state index in [9.17, 15) is 18.0 Å². The molecule has 5 heterocycles. The average molecular weight is 521 g/mol. The summed E-state index contributed by atoms with van der Waals surface area (Å²) in [7, 11) is 0. The van der Waals surface area contributed by atoms with Gasteiger partial charge in [-0.05, 0) is 42.5 Å². The van der Waals surface area contributed by atoms with E-state index in [0.717, 1.165) is 18.2 Å². The Morgan fingerprint density at radius 2 is 1.89 bits per heavy atom. The topological polar surface area (TPSA) is 91.5 Å². The minimum atomic E-state index is -1.21. The number of fused-ring (bicyclic) bond motifs is 1. The molecule has 38 heavy (non-hydrogen) atoms. The van der Waals surface area contributed by atoms with Crippen LogP contribution in [-0.4, -0.2) is 62.8 Å². The number of alkyl halides is 1. The maximum Gasteiger partial charge on any atom is 0.242 e. The van der Waals surface area contributed by atoms with Crippen molar-refractivity contribution in [3.63, 3.8) is 0 Å². The van der Waals surface area contributed by atoms with E-state index in [4.69, 9.17) is 0 Å². The molecular weight excluding hydrogens is 497 g/mol. The van der Waals surface area contributed by atoms with Gasteiger partial charge >= 0.3 is 0 Å². The molecule has 12 heteroatoms. The van der Waals surface area contributed by atoms with Crippen molar-refractivity contribution in [1.29, 1.82) is 0 Å². The number of anilines is 2. The molecule has 0 radical (unpaired) electrons. The number of halogens is 3. The van der Waals surface area contributed by atoms with Gasteiger partial charge in [0, 0.05) is 25.1 Å². The number of amides is 1. The summed E-state index contributed by atoms with van der Waals surface area (Å²) in [6, 6.07) is 5.95. The van der Waals surface area contributed by atoms with E-state index in [1.54, 1.807) is 57.2 Å². The van der Waals surface area contributed by atoms with Crippen LogP contribution >= 0.6 is 0 Å². The second-order valence-corrected chi connectivity index (χ2v) is 9.17. The second-order valence-electron chi connectivity index (χ2n) is 9.17. The molecule has 2 aliphatic rings. The molecule has 0 bridgehead atoms. The number of aromatic nitrogens is 5. The Morgan fingerprint density at radius 3 is 2.71 bits per heavy atom. The molecule has 4 aromatic rings. The fraction of sp³-hybridized carbons (Fsp3) is 0.269. The zero-order chi connectivity index (χ0) is 26.2. The molecule has 0 unspecified atom stereocenters. The number of imidazole rings is 1. The Labute approximate surface area is 215 Å². The van der Waals surface area contributed by atoms with Crippen LogP contribution in [0.3, 0.4) is 0 Å². The lowest BCUT2D eigenvalue weighted by molar-refractivity contribution is -0.118. The Morgan fingerprint density at radius 1 is 1.00 bits per heavy atom. The molecule has 1 N–H and O–H groups in total. The van der Waals surface area contributed by atoms with E-state index in [0.29, 0.717) is 41.8 Å². The van der Waals surface area contributed by atoms with Crippen molar-refractivity contribution in [2.45, 2.75) is 18.6 Å². The van der Waals surface area contributed by atoms with Crippen LogP contribution in [0, 0.1) is 11.6 Å². The molecule has 1 amide bonds. The minimum absolute atomic E-state index is 0.0104. The number of rotatable bonds is 5. The van der Waals surface area contributed by atoms with Crippen LogP contribution < -0.4 is 15.1 Å². The fourth-order valence-corrected chi connectivity index (χ4v) is 4.83. The Hall–Kier alpha value is -4.32. The zero-order valence-corrected chi connectivity index (χ0v) is 20.1. The predicted molar refractivity (Wildman–Crippen MR) is 135 cm³/mol. The van der Waals surface area contributed by atoms with Gasteiger partial charge in [-0.25, -0.2) is 27.7 Å². The lowest BCUT2D eigenvalue weighted by atomic mass is 10.0. The van der Waals surface area contributed by atoms with E-state index in [1.807, 2.05) is 0 Å². The van der Waals surface area contributed by atoms with E-state index in [-0.39, 0.29) is 31.0 Å². The molecule has 3 aromatic heterocycles. The maximum absolute atomic E-state index is 14.5. The van der Waals surface area contributed by atoms with Gasteiger partial charge in [0.2, 0.25) is 5.91 Å². The van der Waals surface area contributed by atoms with Gasteiger partial charge in [-0.1, -0.05) is 0 Å². The first kappa shape index (κ1) is 24.0. The van der Waals surface area contributed by atoms with Gasteiger partial charge in [0.1, 0.15) is 23.6 Å². The van der Waals surface area contributed by atoms with Crippen LogP contribution in [0.1, 0.15) is 29.4 Å². The number of nitrogens with zero attached hydrogens (tertiary/aromatic N) is 7. The number of carbonyl (C=O) groups excluding carboxylic acids is 1. The SMILES string of the molecule is O=C1CNCCN1c1cnc(/C=C/c2cnc3ccc(N4C[C@@H](F)C[C@@H]4c4cc(F)ccc4F)nn23)cn1. The summed E-state index contributed by atoms with van der Waals surface area (Å²) in [5.74, 6) is -0.304. The van der Waals surface area contributed by atoms with E-state index < -0.39 is 23.8 Å². The quantitative estimate of drug-likeness (QED) is 0.432. The van der Waals surface area contributed by atoms with Crippen molar-refractivity contribution in [2.24, 2.45) is 0 Å². The molecule has 0 aliphatic carbocycles. The second kappa shape index (κ2) is 9.86. The number of nitrogens with one attached hydrogen (secondary N) is 1. The number of piperazine rings is 1. The van der Waals surface area contributed by atoms with Gasteiger partial charge in [0.05, 0.1) is 49.1 Å². The number of benzene rings is 1. The lowest BCUT2D eigenvalue weighted by Gasteiger charge is -2.26. The Balaban J connectivity index is 1.26. The van der Waals surface area contributed by atoms with Crippen LogP contribution in [-0.2, 0) is 4.79 Å². The standard InChI is InChI=1S/C26H23F3N8O/c27-16-1-4-21(29)20(9-16)22-10-17(28)15-36(22)24-6-5-23-33-12-19(37(23)34-24)3-2-18-11-32-25(13-31-18)35-8-7-30-14-26(35)38/h1-6,9,11-13,17,22,30H,7-8,10,14-15H2/b3-2+/t17-,22+/m0/s1. The first-order valence-electron chi connectivity index (χ1n) is 12.2. The Bertz CT molecular complexity index is 1520. The normalized spacial score (nSPS) is 20.2. The summed E-state index contributed by atoms with van der Waals surface area (Å²) in [4.78, 5) is 28.4. The van der Waals surface area contributed by atoms with Gasteiger partial charge in [0.15, 0.2) is 11.5 Å². The lowest BCUT2D eigenvalue weighted by Crippen LogP contribution is -2.48. The highest BCUT2D eigenvalue weighted by Gasteiger charge is 2.36. The van der Waals surface area contributed by atoms with Crippen molar-refractivity contribution < 1.29 is 18.0 Å². The molecule has 2 saturated heterocycles. The summed E-state index contributed by atoms with van der Waals surface area (Å²) in [6.45, 7) is 1.51. The van der Waals surface area contributed by atoms with Crippen molar-refractivity contribution in [3.8, 4) is 0 Å². The average Bonchev–Trinajstić information content (AvgIpc) is 3.52. The molecule has 1 aromatic carbocycles. The Kier molecular flexibility index (Phi) is 6.24. The summed E-state index contributed by atoms with van der Waals surface area (Å²) in [5.41, 5.74) is 1.87.